The first kappa shape index (κ1) is 13.2. The van der Waals surface area contributed by atoms with Crippen molar-refractivity contribution >= 4 is 0 Å². The maximum Gasteiger partial charge on any atom is 0.130 e. The van der Waals surface area contributed by atoms with E-state index in [9.17, 15) is 5.11 Å². The van der Waals surface area contributed by atoms with Crippen molar-refractivity contribution in [1.29, 1.82) is 10.5 Å². The van der Waals surface area contributed by atoms with Crippen LogP contribution in [0.2, 0.25) is 0 Å². The predicted molar refractivity (Wildman–Crippen MR) is 52.2 cm³/mol. The maximum atomic E-state index is 9.33. The highest BCUT2D eigenvalue weighted by atomic mass is 17.2. The van der Waals surface area contributed by atoms with Crippen LogP contribution in [-0.2, 0) is 9.78 Å². The summed E-state index contributed by atoms with van der Waals surface area (Å²) in [6.07, 6.45) is 0.704. The molecule has 1 unspecified atom stereocenters. The minimum atomic E-state index is -0.559. The minimum Gasteiger partial charge on any atom is -0.512 e. The molecule has 80 valence electrons. The van der Waals surface area contributed by atoms with E-state index in [-0.39, 0.29) is 11.3 Å². The fraction of sp³-hybridized carbons (Fsp3) is 0.400. The van der Waals surface area contributed by atoms with Gasteiger partial charge in [0.15, 0.2) is 0 Å². The van der Waals surface area contributed by atoms with Crippen LogP contribution < -0.4 is 0 Å². The average Bonchev–Trinajstić information content (AvgIpc) is 2.19. The summed E-state index contributed by atoms with van der Waals surface area (Å²) >= 11 is 0. The molecule has 0 aliphatic heterocycles. The lowest BCUT2D eigenvalue weighted by Crippen LogP contribution is -2.11. The van der Waals surface area contributed by atoms with Crippen LogP contribution in [-0.4, -0.2) is 18.3 Å². The van der Waals surface area contributed by atoms with E-state index in [1.54, 1.807) is 19.1 Å². The molecule has 0 fully saturated rings. The van der Waals surface area contributed by atoms with Crippen LogP contribution in [0.25, 0.3) is 0 Å². The molecule has 0 aliphatic carbocycles. The number of rotatable bonds is 4. The molecule has 0 bridgehead atoms. The van der Waals surface area contributed by atoms with Crippen molar-refractivity contribution < 1.29 is 14.9 Å². The quantitative estimate of drug-likeness (QED) is 0.250. The van der Waals surface area contributed by atoms with Crippen LogP contribution in [0, 0.1) is 22.7 Å². The van der Waals surface area contributed by atoms with Gasteiger partial charge in [-0.3, -0.25) is 0 Å². The Kier molecular flexibility index (Phi) is 5.81. The molecule has 5 nitrogen and oxygen atoms in total. The van der Waals surface area contributed by atoms with Crippen molar-refractivity contribution in [2.24, 2.45) is 0 Å². The smallest absolute Gasteiger partial charge is 0.130 e. The summed E-state index contributed by atoms with van der Waals surface area (Å²) in [6.45, 7) is 3.06. The maximum absolute atomic E-state index is 9.33. The first-order valence-electron chi connectivity index (χ1n) is 4.17. The zero-order valence-corrected chi connectivity index (χ0v) is 8.81. The summed E-state index contributed by atoms with van der Waals surface area (Å²) in [5, 5.41) is 26.4. The molecule has 1 N–H and O–H groups in total. The van der Waals surface area contributed by atoms with Gasteiger partial charge in [0.05, 0.1) is 12.9 Å². The highest BCUT2D eigenvalue weighted by Crippen LogP contribution is 2.14. The first-order valence-corrected chi connectivity index (χ1v) is 4.17. The van der Waals surface area contributed by atoms with Gasteiger partial charge in [-0.15, -0.1) is 0 Å². The predicted octanol–water partition coefficient (Wildman–Crippen LogP) is 1.76. The molecule has 0 aliphatic rings. The molecule has 0 rings (SSSR count). The summed E-state index contributed by atoms with van der Waals surface area (Å²) < 4.78 is 0. The average molecular weight is 208 g/mol. The minimum absolute atomic E-state index is 0.0254. The van der Waals surface area contributed by atoms with Gasteiger partial charge in [0.25, 0.3) is 0 Å². The normalized spacial score (nSPS) is 13.1. The number of aliphatic hydroxyl groups excluding tert-OH is 1. The third kappa shape index (κ3) is 4.28. The van der Waals surface area contributed by atoms with E-state index in [1.165, 1.54) is 20.1 Å². The molecule has 1 atom stereocenters. The summed E-state index contributed by atoms with van der Waals surface area (Å²) in [6, 6.07) is 3.38. The van der Waals surface area contributed by atoms with E-state index in [2.05, 4.69) is 4.89 Å². The number of hydrogen-bond acceptors (Lipinski definition) is 5. The van der Waals surface area contributed by atoms with Crippen LogP contribution >= 0.6 is 0 Å². The van der Waals surface area contributed by atoms with Gasteiger partial charge in [-0.05, 0) is 19.9 Å². The number of nitrogens with zero attached hydrogens (tertiary/aromatic N) is 2. The Morgan fingerprint density at radius 2 is 1.93 bits per heavy atom. The standard InChI is InChI=1S/C10H12N2O3/c1-7(13)10(8(2)15-14-3)4-9(5-11)6-12/h4,8,13H,1-3H3/b10-7-. The van der Waals surface area contributed by atoms with Crippen molar-refractivity contribution in [2.45, 2.75) is 20.0 Å². The Morgan fingerprint density at radius 1 is 1.40 bits per heavy atom. The number of allylic oxidation sites excluding steroid dienone is 2. The monoisotopic (exact) mass is 208 g/mol. The van der Waals surface area contributed by atoms with Crippen LogP contribution in [0.5, 0.6) is 0 Å². The van der Waals surface area contributed by atoms with Gasteiger partial charge < -0.3 is 5.11 Å². The lowest BCUT2D eigenvalue weighted by molar-refractivity contribution is -0.291. The van der Waals surface area contributed by atoms with E-state index in [0.29, 0.717) is 5.57 Å². The first-order chi connectivity index (χ1) is 7.06. The van der Waals surface area contributed by atoms with Gasteiger partial charge in [0, 0.05) is 5.57 Å². The zero-order valence-electron chi connectivity index (χ0n) is 8.81. The molecular formula is C10H12N2O3. The second-order valence-electron chi connectivity index (χ2n) is 2.73. The van der Waals surface area contributed by atoms with Gasteiger partial charge in [-0.1, -0.05) is 0 Å². The summed E-state index contributed by atoms with van der Waals surface area (Å²) in [5.74, 6) is -0.0254. The number of hydrogen-bond donors (Lipinski definition) is 1. The second kappa shape index (κ2) is 6.61. The fourth-order valence-corrected chi connectivity index (χ4v) is 0.957. The Labute approximate surface area is 88.4 Å². The molecule has 15 heavy (non-hydrogen) atoms. The van der Waals surface area contributed by atoms with Crippen molar-refractivity contribution in [1.82, 2.24) is 0 Å². The molecule has 0 saturated carbocycles. The summed E-state index contributed by atoms with van der Waals surface area (Å²) in [4.78, 5) is 9.22. The van der Waals surface area contributed by atoms with E-state index in [4.69, 9.17) is 15.4 Å². The third-order valence-electron chi connectivity index (χ3n) is 1.64. The molecular weight excluding hydrogens is 196 g/mol. The Bertz CT molecular complexity index is 338. The van der Waals surface area contributed by atoms with Crippen LogP contribution in [0.3, 0.4) is 0 Å². The van der Waals surface area contributed by atoms with Crippen LogP contribution in [0.15, 0.2) is 23.0 Å². The number of nitriles is 2. The van der Waals surface area contributed by atoms with E-state index in [1.807, 2.05) is 0 Å². The van der Waals surface area contributed by atoms with Gasteiger partial charge in [-0.25, -0.2) is 9.78 Å². The van der Waals surface area contributed by atoms with Crippen molar-refractivity contribution in [3.63, 3.8) is 0 Å². The van der Waals surface area contributed by atoms with Gasteiger partial charge in [-0.2, -0.15) is 10.5 Å². The van der Waals surface area contributed by atoms with Crippen molar-refractivity contribution in [2.75, 3.05) is 7.11 Å². The molecule has 0 amide bonds. The van der Waals surface area contributed by atoms with E-state index >= 15 is 0 Å². The SMILES string of the molecule is COOC(C)/C(C=C(C#N)C#N)=C(/C)O. The summed E-state index contributed by atoms with van der Waals surface area (Å²) in [7, 11) is 1.33. The molecule has 0 heterocycles. The van der Waals surface area contributed by atoms with Crippen LogP contribution in [0.4, 0.5) is 0 Å². The zero-order chi connectivity index (χ0) is 11.8. The Balaban J connectivity index is 5.06. The molecule has 0 aromatic carbocycles. The van der Waals surface area contributed by atoms with E-state index < -0.39 is 6.10 Å². The van der Waals surface area contributed by atoms with Gasteiger partial charge in [0.2, 0.25) is 0 Å². The van der Waals surface area contributed by atoms with Gasteiger partial charge >= 0.3 is 0 Å². The largest absolute Gasteiger partial charge is 0.512 e. The molecule has 0 aromatic heterocycles. The van der Waals surface area contributed by atoms with Crippen LogP contribution in [0.1, 0.15) is 13.8 Å². The van der Waals surface area contributed by atoms with Gasteiger partial charge in [0.1, 0.15) is 23.8 Å². The Morgan fingerprint density at radius 3 is 2.27 bits per heavy atom. The fourth-order valence-electron chi connectivity index (χ4n) is 0.957. The highest BCUT2D eigenvalue weighted by molar-refractivity contribution is 5.42. The lowest BCUT2D eigenvalue weighted by atomic mass is 10.1. The molecule has 0 spiro atoms. The van der Waals surface area contributed by atoms with E-state index in [0.717, 1.165) is 0 Å². The molecule has 5 heteroatoms. The Hall–Kier alpha value is -1.82. The third-order valence-corrected chi connectivity index (χ3v) is 1.64. The van der Waals surface area contributed by atoms with Crippen molar-refractivity contribution in [3.05, 3.63) is 23.0 Å². The number of aliphatic hydroxyl groups is 1. The molecule has 0 aromatic rings. The van der Waals surface area contributed by atoms with Crippen molar-refractivity contribution in [3.8, 4) is 12.1 Å². The highest BCUT2D eigenvalue weighted by Gasteiger charge is 2.12. The molecule has 0 radical (unpaired) electrons. The topological polar surface area (TPSA) is 86.3 Å². The second-order valence-corrected chi connectivity index (χ2v) is 2.73. The summed E-state index contributed by atoms with van der Waals surface area (Å²) in [5.41, 5.74) is 0.222. The molecule has 0 saturated heterocycles. The lowest BCUT2D eigenvalue weighted by Gasteiger charge is -2.11.